The predicted molar refractivity (Wildman–Crippen MR) is 74.2 cm³/mol. The zero-order valence-corrected chi connectivity index (χ0v) is 11.4. The molecule has 0 aliphatic carbocycles. The van der Waals surface area contributed by atoms with Crippen molar-refractivity contribution in [3.05, 3.63) is 48.0 Å². The third kappa shape index (κ3) is 3.35. The number of imidazole rings is 1. The molecule has 0 aliphatic rings. The first-order chi connectivity index (χ1) is 9.22. The van der Waals surface area contributed by atoms with E-state index in [2.05, 4.69) is 4.98 Å². The van der Waals surface area contributed by atoms with Gasteiger partial charge in [0.15, 0.2) is 0 Å². The van der Waals surface area contributed by atoms with Crippen molar-refractivity contribution in [3.8, 4) is 5.75 Å². The van der Waals surface area contributed by atoms with Crippen molar-refractivity contribution in [2.75, 3.05) is 6.61 Å². The van der Waals surface area contributed by atoms with E-state index in [1.54, 1.807) is 6.20 Å². The van der Waals surface area contributed by atoms with Crippen LogP contribution in [0.25, 0.3) is 0 Å². The van der Waals surface area contributed by atoms with Crippen LogP contribution in [-0.4, -0.2) is 21.3 Å². The highest BCUT2D eigenvalue weighted by Gasteiger charge is 2.10. The fourth-order valence-electron chi connectivity index (χ4n) is 2.00. The van der Waals surface area contributed by atoms with Crippen LogP contribution in [0.3, 0.4) is 0 Å². The second-order valence-electron chi connectivity index (χ2n) is 4.48. The molecule has 1 N–H and O–H groups in total. The molecule has 19 heavy (non-hydrogen) atoms. The Morgan fingerprint density at radius 3 is 2.84 bits per heavy atom. The Hall–Kier alpha value is -1.81. The number of nitrogens with zero attached hydrogens (tertiary/aromatic N) is 2. The summed E-state index contributed by atoms with van der Waals surface area (Å²) in [6.07, 6.45) is 3.93. The summed E-state index contributed by atoms with van der Waals surface area (Å²) in [4.78, 5) is 4.17. The van der Waals surface area contributed by atoms with E-state index in [1.807, 2.05) is 48.9 Å². The molecule has 1 aromatic heterocycles. The summed E-state index contributed by atoms with van der Waals surface area (Å²) >= 11 is 0. The van der Waals surface area contributed by atoms with Gasteiger partial charge in [-0.1, -0.05) is 25.1 Å². The van der Waals surface area contributed by atoms with Gasteiger partial charge in [-0.3, -0.25) is 0 Å². The van der Waals surface area contributed by atoms with Crippen molar-refractivity contribution in [1.82, 2.24) is 9.55 Å². The molecule has 1 atom stereocenters. The van der Waals surface area contributed by atoms with Crippen LogP contribution in [0.5, 0.6) is 5.75 Å². The van der Waals surface area contributed by atoms with Gasteiger partial charge in [0.05, 0.1) is 12.6 Å². The van der Waals surface area contributed by atoms with Crippen LogP contribution in [0.4, 0.5) is 0 Å². The third-order valence-corrected chi connectivity index (χ3v) is 3.18. The number of para-hydroxylation sites is 1. The lowest BCUT2D eigenvalue weighted by atomic mass is 10.1. The monoisotopic (exact) mass is 260 g/mol. The van der Waals surface area contributed by atoms with E-state index in [1.165, 1.54) is 0 Å². The van der Waals surface area contributed by atoms with Gasteiger partial charge in [-0.05, 0) is 19.4 Å². The highest BCUT2D eigenvalue weighted by Crippen LogP contribution is 2.26. The predicted octanol–water partition coefficient (Wildman–Crippen LogP) is 2.71. The largest absolute Gasteiger partial charge is 0.491 e. The van der Waals surface area contributed by atoms with Gasteiger partial charge in [-0.15, -0.1) is 0 Å². The van der Waals surface area contributed by atoms with Gasteiger partial charge in [-0.2, -0.15) is 0 Å². The van der Waals surface area contributed by atoms with Crippen LogP contribution in [0.15, 0.2) is 36.7 Å². The maximum Gasteiger partial charge on any atom is 0.125 e. The molecule has 0 saturated heterocycles. The molecule has 0 fully saturated rings. The quantitative estimate of drug-likeness (QED) is 0.868. The molecule has 0 amide bonds. The Morgan fingerprint density at radius 1 is 1.37 bits per heavy atom. The van der Waals surface area contributed by atoms with E-state index in [0.29, 0.717) is 13.0 Å². The smallest absolute Gasteiger partial charge is 0.125 e. The maximum absolute atomic E-state index is 9.94. The molecule has 1 heterocycles. The molecule has 0 unspecified atom stereocenters. The number of aliphatic hydroxyl groups is 1. The molecule has 0 radical (unpaired) electrons. The third-order valence-electron chi connectivity index (χ3n) is 3.18. The first-order valence-corrected chi connectivity index (χ1v) is 6.60. The van der Waals surface area contributed by atoms with E-state index in [9.17, 15) is 5.11 Å². The average Bonchev–Trinajstić information content (AvgIpc) is 2.84. The van der Waals surface area contributed by atoms with Gasteiger partial charge in [0, 0.05) is 18.0 Å². The summed E-state index contributed by atoms with van der Waals surface area (Å²) in [5, 5.41) is 9.94. The molecule has 2 rings (SSSR count). The van der Waals surface area contributed by atoms with Gasteiger partial charge in [0.1, 0.15) is 18.2 Å². The van der Waals surface area contributed by atoms with Gasteiger partial charge in [0.25, 0.3) is 0 Å². The zero-order chi connectivity index (χ0) is 13.7. The topological polar surface area (TPSA) is 47.3 Å². The lowest BCUT2D eigenvalue weighted by Crippen LogP contribution is -2.10. The number of hydrogen-bond acceptors (Lipinski definition) is 3. The van der Waals surface area contributed by atoms with Crippen LogP contribution in [0.1, 0.15) is 30.8 Å². The maximum atomic E-state index is 9.94. The minimum absolute atomic E-state index is 0.466. The van der Waals surface area contributed by atoms with Crippen molar-refractivity contribution in [2.45, 2.75) is 32.9 Å². The number of aliphatic hydroxyl groups excluding tert-OH is 1. The normalized spacial score (nSPS) is 12.4. The number of benzene rings is 1. The molecule has 102 valence electrons. The molecular formula is C15H20N2O2. The SMILES string of the molecule is CC[C@H](O)c1ccccc1OCCn1ccnc1C. The summed E-state index contributed by atoms with van der Waals surface area (Å²) < 4.78 is 7.82. The van der Waals surface area contributed by atoms with Gasteiger partial charge in [-0.25, -0.2) is 4.98 Å². The van der Waals surface area contributed by atoms with Gasteiger partial charge >= 0.3 is 0 Å². The lowest BCUT2D eigenvalue weighted by Gasteiger charge is -2.15. The van der Waals surface area contributed by atoms with Crippen LogP contribution in [-0.2, 0) is 6.54 Å². The lowest BCUT2D eigenvalue weighted by molar-refractivity contribution is 0.166. The molecule has 0 saturated carbocycles. The fourth-order valence-corrected chi connectivity index (χ4v) is 2.00. The first-order valence-electron chi connectivity index (χ1n) is 6.60. The van der Waals surface area contributed by atoms with Crippen molar-refractivity contribution < 1.29 is 9.84 Å². The molecule has 2 aromatic rings. The zero-order valence-electron chi connectivity index (χ0n) is 11.4. The Bertz CT molecular complexity index is 522. The number of hydrogen-bond donors (Lipinski definition) is 1. The van der Waals surface area contributed by atoms with Crippen LogP contribution in [0.2, 0.25) is 0 Å². The van der Waals surface area contributed by atoms with E-state index in [4.69, 9.17) is 4.74 Å². The Balaban J connectivity index is 1.98. The summed E-state index contributed by atoms with van der Waals surface area (Å²) in [5.74, 6) is 1.74. The van der Waals surface area contributed by atoms with Gasteiger partial charge in [0.2, 0.25) is 0 Å². The number of aromatic nitrogens is 2. The summed E-state index contributed by atoms with van der Waals surface area (Å²) in [6.45, 7) is 5.23. The number of ether oxygens (including phenoxy) is 1. The van der Waals surface area contributed by atoms with Gasteiger partial charge < -0.3 is 14.4 Å². The molecule has 0 bridgehead atoms. The number of aryl methyl sites for hydroxylation is 1. The Morgan fingerprint density at radius 2 is 2.16 bits per heavy atom. The van der Waals surface area contributed by atoms with Crippen molar-refractivity contribution in [2.24, 2.45) is 0 Å². The van der Waals surface area contributed by atoms with E-state index in [0.717, 1.165) is 23.7 Å². The molecule has 4 nitrogen and oxygen atoms in total. The van der Waals surface area contributed by atoms with Crippen LogP contribution < -0.4 is 4.74 Å². The minimum Gasteiger partial charge on any atom is -0.491 e. The highest BCUT2D eigenvalue weighted by atomic mass is 16.5. The Kier molecular flexibility index (Phi) is 4.58. The highest BCUT2D eigenvalue weighted by molar-refractivity contribution is 5.34. The summed E-state index contributed by atoms with van der Waals surface area (Å²) in [7, 11) is 0. The van der Waals surface area contributed by atoms with Crippen molar-refractivity contribution in [1.29, 1.82) is 0 Å². The number of rotatable bonds is 6. The second kappa shape index (κ2) is 6.38. The van der Waals surface area contributed by atoms with E-state index < -0.39 is 6.10 Å². The van der Waals surface area contributed by atoms with E-state index >= 15 is 0 Å². The first kappa shape index (κ1) is 13.6. The van der Waals surface area contributed by atoms with Crippen LogP contribution >= 0.6 is 0 Å². The molecule has 0 aliphatic heterocycles. The second-order valence-corrected chi connectivity index (χ2v) is 4.48. The standard InChI is InChI=1S/C15H20N2O2/c1-3-14(18)13-6-4-5-7-15(13)19-11-10-17-9-8-16-12(17)2/h4-9,14,18H,3,10-11H2,1-2H3/t14-/m0/s1. The Labute approximate surface area is 113 Å². The summed E-state index contributed by atoms with van der Waals surface area (Å²) in [5.41, 5.74) is 0.854. The molecular weight excluding hydrogens is 240 g/mol. The van der Waals surface area contributed by atoms with Crippen molar-refractivity contribution in [3.63, 3.8) is 0 Å². The van der Waals surface area contributed by atoms with E-state index in [-0.39, 0.29) is 0 Å². The van der Waals surface area contributed by atoms with Crippen LogP contribution in [0, 0.1) is 6.92 Å². The molecule has 1 aromatic carbocycles. The average molecular weight is 260 g/mol. The molecule has 0 spiro atoms. The minimum atomic E-state index is -0.466. The van der Waals surface area contributed by atoms with Crippen molar-refractivity contribution >= 4 is 0 Å². The summed E-state index contributed by atoms with van der Waals surface area (Å²) in [6, 6.07) is 7.64. The fraction of sp³-hybridized carbons (Fsp3) is 0.400. The molecule has 4 heteroatoms.